The van der Waals surface area contributed by atoms with E-state index in [1.54, 1.807) is 0 Å². The van der Waals surface area contributed by atoms with Crippen molar-refractivity contribution in [1.29, 1.82) is 0 Å². The number of fused-ring (bicyclic) bond motifs is 9. The van der Waals surface area contributed by atoms with Gasteiger partial charge in [0.15, 0.2) is 17.3 Å². The zero-order valence-electron chi connectivity index (χ0n) is 44.2. The Kier molecular flexibility index (Phi) is 11.5. The van der Waals surface area contributed by atoms with Crippen LogP contribution in [0, 0.1) is 0 Å². The van der Waals surface area contributed by atoms with Gasteiger partial charge < -0.3 is 18.6 Å². The summed E-state index contributed by atoms with van der Waals surface area (Å²) in [5.41, 5.74) is 16.0. The Hall–Kier alpha value is -11.2. The van der Waals surface area contributed by atoms with Crippen LogP contribution in [0.5, 0.6) is 0 Å². The highest BCUT2D eigenvalue weighted by Gasteiger charge is 2.23. The van der Waals surface area contributed by atoms with E-state index in [2.05, 4.69) is 146 Å². The summed E-state index contributed by atoms with van der Waals surface area (Å²) in [4.78, 5) is 42.9. The average Bonchev–Trinajstić information content (AvgIpc) is 3.91. The third-order valence-corrected chi connectivity index (χ3v) is 16.0. The Balaban J connectivity index is 0.892. The van der Waals surface area contributed by atoms with Crippen LogP contribution in [-0.4, -0.2) is 31.1 Å². The number of hydrogen-bond donors (Lipinski definition) is 0. The van der Waals surface area contributed by atoms with Crippen molar-refractivity contribution in [3.63, 3.8) is 0 Å². The van der Waals surface area contributed by atoms with Crippen molar-refractivity contribution in [2.75, 3.05) is 4.90 Å². The quantitative estimate of drug-likeness (QED) is 0.114. The van der Waals surface area contributed by atoms with Gasteiger partial charge in [-0.2, -0.15) is 0 Å². The normalized spacial score (nSPS) is 11.6. The van der Waals surface area contributed by atoms with E-state index in [1.165, 1.54) is 0 Å². The zero-order chi connectivity index (χ0) is 54.8. The molecule has 82 heavy (non-hydrogen) atoms. The number of hydrogen-bond acceptors (Lipinski definition) is 4. The molecule has 3 aromatic heterocycles. The third kappa shape index (κ3) is 8.02. The molecule has 0 amide bonds. The molecule has 0 unspecified atom stereocenters. The van der Waals surface area contributed by atoms with Crippen LogP contribution in [0.3, 0.4) is 0 Å². The molecule has 12 aromatic carbocycles. The van der Waals surface area contributed by atoms with Gasteiger partial charge in [-0.3, -0.25) is 14.4 Å². The Labute approximate surface area is 472 Å². The number of aromatic nitrogens is 3. The van der Waals surface area contributed by atoms with Gasteiger partial charge in [0, 0.05) is 99.8 Å². The topological polar surface area (TPSA) is 69.2 Å². The second-order valence-corrected chi connectivity index (χ2v) is 20.7. The van der Waals surface area contributed by atoms with Crippen LogP contribution >= 0.6 is 0 Å². The lowest BCUT2D eigenvalue weighted by Crippen LogP contribution is -2.10. The molecule has 15 aromatic rings. The molecule has 0 aliphatic heterocycles. The second-order valence-electron chi connectivity index (χ2n) is 20.7. The van der Waals surface area contributed by atoms with Crippen molar-refractivity contribution in [2.45, 2.75) is 0 Å². The number of carbonyl (C=O) groups is 3. The Morgan fingerprint density at radius 3 is 0.732 bits per heavy atom. The van der Waals surface area contributed by atoms with Gasteiger partial charge in [0.2, 0.25) is 0 Å². The lowest BCUT2D eigenvalue weighted by atomic mass is 10.0. The molecule has 0 saturated heterocycles. The minimum atomic E-state index is -0.0126. The van der Waals surface area contributed by atoms with Crippen molar-refractivity contribution < 1.29 is 14.4 Å². The maximum atomic E-state index is 13.5. The predicted octanol–water partition coefficient (Wildman–Crippen LogP) is 18.1. The van der Waals surface area contributed by atoms with Crippen LogP contribution in [0.25, 0.3) is 82.5 Å². The molecular weight excluding hydrogens is 1000 g/mol. The minimum absolute atomic E-state index is 0.0126. The highest BCUT2D eigenvalue weighted by atomic mass is 16.1. The van der Waals surface area contributed by atoms with E-state index in [-0.39, 0.29) is 17.3 Å². The first kappa shape index (κ1) is 48.0. The molecule has 0 aliphatic rings. The lowest BCUT2D eigenvalue weighted by Gasteiger charge is -2.26. The highest BCUT2D eigenvalue weighted by molar-refractivity contribution is 6.15. The molecule has 0 radical (unpaired) electrons. The van der Waals surface area contributed by atoms with E-state index in [0.717, 1.165) is 99.5 Å². The summed E-state index contributed by atoms with van der Waals surface area (Å²) in [6.07, 6.45) is 0. The van der Waals surface area contributed by atoms with E-state index < -0.39 is 0 Å². The second kappa shape index (κ2) is 19.6. The fourth-order valence-electron chi connectivity index (χ4n) is 12.1. The van der Waals surface area contributed by atoms with Gasteiger partial charge in [-0.1, -0.05) is 146 Å². The standard InChI is InChI=1S/C75H48N4O3/c80-73(49-16-4-1-5-17-49)52-28-34-55(35-29-52)77-67-25-13-10-22-61(67)64-46-58(40-43-70(64)77)76(59-41-44-71-65(47-59)62-23-11-14-26-68(62)78(71)56-36-30-53(31-37-56)74(81)50-18-6-2-7-19-50)60-42-45-72-66(48-60)63-24-12-15-27-69(63)79(72)57-38-32-54(33-39-57)75(82)51-20-8-3-9-21-51/h1-48H. The Morgan fingerprint density at radius 1 is 0.220 bits per heavy atom. The van der Waals surface area contributed by atoms with E-state index in [1.807, 2.05) is 164 Å². The number of para-hydroxylation sites is 3. The van der Waals surface area contributed by atoms with Crippen LogP contribution in [0.1, 0.15) is 47.8 Å². The van der Waals surface area contributed by atoms with Crippen LogP contribution in [0.2, 0.25) is 0 Å². The number of benzene rings is 12. The lowest BCUT2D eigenvalue weighted by molar-refractivity contribution is 0.103. The van der Waals surface area contributed by atoms with Crippen LogP contribution in [0.15, 0.2) is 291 Å². The summed E-state index contributed by atoms with van der Waals surface area (Å²) in [5.74, 6) is -0.0379. The van der Waals surface area contributed by atoms with Crippen molar-refractivity contribution >= 4 is 99.8 Å². The summed E-state index contributed by atoms with van der Waals surface area (Å²) in [5, 5.41) is 6.57. The SMILES string of the molecule is O=C(c1ccccc1)c1ccc(-n2c3ccccc3c3cc(N(c4ccc5c(c4)c4ccccc4n5-c4ccc(C(=O)c5ccccc5)cc4)c4ccc5c(c4)c4ccccc4n5-c4ccc(C(=O)c5ccccc5)cc4)ccc32)cc1. The maximum Gasteiger partial charge on any atom is 0.193 e. The van der Waals surface area contributed by atoms with Gasteiger partial charge in [0.25, 0.3) is 0 Å². The first-order valence-electron chi connectivity index (χ1n) is 27.4. The van der Waals surface area contributed by atoms with Crippen molar-refractivity contribution in [3.8, 4) is 17.1 Å². The first-order valence-corrected chi connectivity index (χ1v) is 27.4. The molecule has 0 saturated carbocycles. The van der Waals surface area contributed by atoms with Gasteiger partial charge in [0.05, 0.1) is 33.1 Å². The molecule has 0 aliphatic carbocycles. The highest BCUT2D eigenvalue weighted by Crippen LogP contribution is 2.44. The molecule has 15 rings (SSSR count). The van der Waals surface area contributed by atoms with E-state index in [9.17, 15) is 14.4 Å². The minimum Gasteiger partial charge on any atom is -0.310 e. The van der Waals surface area contributed by atoms with Crippen molar-refractivity contribution in [1.82, 2.24) is 13.7 Å². The fourth-order valence-corrected chi connectivity index (χ4v) is 12.1. The van der Waals surface area contributed by atoms with Crippen molar-refractivity contribution in [3.05, 3.63) is 325 Å². The molecule has 7 heteroatoms. The summed E-state index contributed by atoms with van der Waals surface area (Å²) in [7, 11) is 0. The smallest absolute Gasteiger partial charge is 0.193 e. The number of carbonyl (C=O) groups excluding carboxylic acids is 3. The van der Waals surface area contributed by atoms with Crippen LogP contribution < -0.4 is 4.90 Å². The molecule has 0 atom stereocenters. The molecule has 0 bridgehead atoms. The molecular formula is C75H48N4O3. The molecule has 0 fully saturated rings. The van der Waals surface area contributed by atoms with E-state index in [0.29, 0.717) is 33.4 Å². The summed E-state index contributed by atoms with van der Waals surface area (Å²) in [6.45, 7) is 0. The van der Waals surface area contributed by atoms with Crippen LogP contribution in [0.4, 0.5) is 17.1 Å². The number of nitrogens with zero attached hydrogens (tertiary/aromatic N) is 4. The fraction of sp³-hybridized carbons (Fsp3) is 0. The van der Waals surface area contributed by atoms with E-state index >= 15 is 0 Å². The zero-order valence-corrected chi connectivity index (χ0v) is 44.2. The molecule has 7 nitrogen and oxygen atoms in total. The number of ketones is 3. The largest absolute Gasteiger partial charge is 0.310 e. The first-order chi connectivity index (χ1) is 40.4. The summed E-state index contributed by atoms with van der Waals surface area (Å²) >= 11 is 0. The molecule has 3 heterocycles. The number of anilines is 3. The average molecular weight is 1050 g/mol. The van der Waals surface area contributed by atoms with Gasteiger partial charge in [-0.25, -0.2) is 0 Å². The predicted molar refractivity (Wildman–Crippen MR) is 334 cm³/mol. The van der Waals surface area contributed by atoms with Gasteiger partial charge in [0.1, 0.15) is 0 Å². The molecule has 0 N–H and O–H groups in total. The monoisotopic (exact) mass is 1050 g/mol. The Morgan fingerprint density at radius 2 is 0.451 bits per heavy atom. The van der Waals surface area contributed by atoms with Gasteiger partial charge >= 0.3 is 0 Å². The molecule has 0 spiro atoms. The van der Waals surface area contributed by atoms with Crippen molar-refractivity contribution in [2.24, 2.45) is 0 Å². The Bertz CT molecular complexity index is 4490. The van der Waals surface area contributed by atoms with Gasteiger partial charge in [-0.15, -0.1) is 0 Å². The summed E-state index contributed by atoms with van der Waals surface area (Å²) in [6, 6.07) is 97.7. The third-order valence-electron chi connectivity index (χ3n) is 16.0. The van der Waals surface area contributed by atoms with E-state index in [4.69, 9.17) is 0 Å². The summed E-state index contributed by atoms with van der Waals surface area (Å²) < 4.78 is 6.85. The molecule has 386 valence electrons. The van der Waals surface area contributed by atoms with Crippen LogP contribution in [-0.2, 0) is 0 Å². The number of rotatable bonds is 12. The maximum absolute atomic E-state index is 13.5. The van der Waals surface area contributed by atoms with Gasteiger partial charge in [-0.05, 0) is 146 Å².